The van der Waals surface area contributed by atoms with Crippen LogP contribution in [0.25, 0.3) is 0 Å². The van der Waals surface area contributed by atoms with Gasteiger partial charge >= 0.3 is 0 Å². The Hall–Kier alpha value is -1.70. The number of hydrogen-bond donors (Lipinski definition) is 1. The molecular weight excluding hydrogens is 380 g/mol. The van der Waals surface area contributed by atoms with Gasteiger partial charge in [0, 0.05) is 18.8 Å². The van der Waals surface area contributed by atoms with Crippen LogP contribution in [0.3, 0.4) is 0 Å². The fourth-order valence-corrected chi connectivity index (χ4v) is 6.21. The summed E-state index contributed by atoms with van der Waals surface area (Å²) in [5, 5.41) is 4.86. The Kier molecular flexibility index (Phi) is 6.34. The van der Waals surface area contributed by atoms with Crippen LogP contribution in [0.4, 0.5) is 5.69 Å². The number of carbonyl (C=O) groups excluding carboxylic acids is 1. The maximum Gasteiger partial charge on any atom is 0.252 e. The number of rotatable bonds is 6. The van der Waals surface area contributed by atoms with Crippen molar-refractivity contribution in [1.29, 1.82) is 0 Å². The van der Waals surface area contributed by atoms with Crippen LogP contribution in [0.2, 0.25) is 0 Å². The summed E-state index contributed by atoms with van der Waals surface area (Å²) in [4.78, 5) is 12.9. The zero-order valence-electron chi connectivity index (χ0n) is 15.8. The number of benzene rings is 1. The highest BCUT2D eigenvalue weighted by Crippen LogP contribution is 2.28. The molecule has 0 saturated carbocycles. The number of thiophene rings is 1. The van der Waals surface area contributed by atoms with Crippen LogP contribution < -0.4 is 5.32 Å². The third kappa shape index (κ3) is 4.25. The molecule has 1 aromatic heterocycles. The van der Waals surface area contributed by atoms with E-state index in [2.05, 4.69) is 19.2 Å². The van der Waals surface area contributed by atoms with Crippen molar-refractivity contribution in [3.05, 3.63) is 46.8 Å². The molecule has 2 heterocycles. The lowest BCUT2D eigenvalue weighted by atomic mass is 9.97. The number of sulfonamides is 1. The molecule has 5 nitrogen and oxygen atoms in total. The second-order valence-corrected chi connectivity index (χ2v) is 9.89. The first kappa shape index (κ1) is 20.0. The fourth-order valence-electron chi connectivity index (χ4n) is 3.54. The Bertz CT molecular complexity index is 870. The first-order chi connectivity index (χ1) is 13.0. The highest BCUT2D eigenvalue weighted by molar-refractivity contribution is 7.91. The third-order valence-electron chi connectivity index (χ3n) is 5.09. The Morgan fingerprint density at radius 3 is 2.48 bits per heavy atom. The fraction of sp³-hybridized carbons (Fsp3) is 0.450. The zero-order valence-corrected chi connectivity index (χ0v) is 17.4. The molecule has 1 atom stereocenters. The van der Waals surface area contributed by atoms with Crippen LogP contribution in [0.5, 0.6) is 0 Å². The maximum atomic E-state index is 12.9. The number of carbonyl (C=O) groups is 1. The number of aryl methyl sites for hydroxylation is 2. The Balaban J connectivity index is 1.77. The van der Waals surface area contributed by atoms with Gasteiger partial charge in [-0.25, -0.2) is 8.42 Å². The van der Waals surface area contributed by atoms with Crippen molar-refractivity contribution in [1.82, 2.24) is 4.31 Å². The van der Waals surface area contributed by atoms with Crippen molar-refractivity contribution in [2.45, 2.75) is 43.7 Å². The Morgan fingerprint density at radius 2 is 1.89 bits per heavy atom. The molecule has 1 aromatic carbocycles. The molecule has 1 amide bonds. The van der Waals surface area contributed by atoms with Gasteiger partial charge in [-0.15, -0.1) is 11.3 Å². The van der Waals surface area contributed by atoms with E-state index in [4.69, 9.17) is 0 Å². The number of amides is 1. The van der Waals surface area contributed by atoms with Crippen LogP contribution in [0.15, 0.2) is 39.9 Å². The Labute approximate surface area is 165 Å². The molecule has 3 rings (SSSR count). The summed E-state index contributed by atoms with van der Waals surface area (Å²) >= 11 is 1.22. The van der Waals surface area contributed by atoms with Crippen molar-refractivity contribution in [3.8, 4) is 0 Å². The maximum absolute atomic E-state index is 12.9. The van der Waals surface area contributed by atoms with E-state index in [9.17, 15) is 13.2 Å². The molecule has 1 aliphatic rings. The predicted octanol–water partition coefficient (Wildman–Crippen LogP) is 3.91. The SMILES string of the molecule is CCc1cccc(CC)c1NC(=O)C1CCCN(S(=O)(=O)c2cccs2)C1. The van der Waals surface area contributed by atoms with E-state index in [0.29, 0.717) is 23.6 Å². The summed E-state index contributed by atoms with van der Waals surface area (Å²) in [5.74, 6) is -0.417. The molecule has 0 aliphatic carbocycles. The molecule has 146 valence electrons. The number of piperidine rings is 1. The average Bonchev–Trinajstić information content (AvgIpc) is 3.24. The minimum Gasteiger partial charge on any atom is -0.325 e. The number of nitrogens with one attached hydrogen (secondary N) is 1. The van der Waals surface area contributed by atoms with Crippen LogP contribution >= 0.6 is 11.3 Å². The molecule has 27 heavy (non-hydrogen) atoms. The van der Waals surface area contributed by atoms with E-state index in [0.717, 1.165) is 29.7 Å². The monoisotopic (exact) mass is 406 g/mol. The van der Waals surface area contributed by atoms with Gasteiger partial charge in [-0.2, -0.15) is 4.31 Å². The van der Waals surface area contributed by atoms with E-state index < -0.39 is 10.0 Å². The molecule has 1 saturated heterocycles. The predicted molar refractivity (Wildman–Crippen MR) is 110 cm³/mol. The van der Waals surface area contributed by atoms with Crippen LogP contribution in [0.1, 0.15) is 37.8 Å². The van der Waals surface area contributed by atoms with E-state index in [1.807, 2.05) is 18.2 Å². The zero-order chi connectivity index (χ0) is 19.4. The number of nitrogens with zero attached hydrogens (tertiary/aromatic N) is 1. The van der Waals surface area contributed by atoms with Crippen molar-refractivity contribution >= 4 is 33.0 Å². The smallest absolute Gasteiger partial charge is 0.252 e. The van der Waals surface area contributed by atoms with E-state index in [1.54, 1.807) is 17.5 Å². The molecule has 0 spiro atoms. The van der Waals surface area contributed by atoms with Gasteiger partial charge in [0.15, 0.2) is 0 Å². The molecule has 1 unspecified atom stereocenters. The normalized spacial score (nSPS) is 18.4. The van der Waals surface area contributed by atoms with Gasteiger partial charge in [-0.1, -0.05) is 38.1 Å². The third-order valence-corrected chi connectivity index (χ3v) is 8.33. The van der Waals surface area contributed by atoms with E-state index in [1.165, 1.54) is 15.6 Å². The highest BCUT2D eigenvalue weighted by atomic mass is 32.2. The second-order valence-electron chi connectivity index (χ2n) is 6.78. The molecule has 0 radical (unpaired) electrons. The van der Waals surface area contributed by atoms with Crippen LogP contribution in [0, 0.1) is 5.92 Å². The van der Waals surface area contributed by atoms with Crippen LogP contribution in [-0.4, -0.2) is 31.7 Å². The summed E-state index contributed by atoms with van der Waals surface area (Å²) in [6.45, 7) is 4.85. The summed E-state index contributed by atoms with van der Waals surface area (Å²) in [6.07, 6.45) is 3.08. The van der Waals surface area contributed by atoms with Gasteiger partial charge in [-0.3, -0.25) is 4.79 Å². The summed E-state index contributed by atoms with van der Waals surface area (Å²) in [7, 11) is -3.51. The van der Waals surface area contributed by atoms with Crippen LogP contribution in [-0.2, 0) is 27.7 Å². The molecule has 1 aliphatic heterocycles. The molecule has 1 N–H and O–H groups in total. The first-order valence-electron chi connectivity index (χ1n) is 9.42. The lowest BCUT2D eigenvalue weighted by molar-refractivity contribution is -0.120. The highest BCUT2D eigenvalue weighted by Gasteiger charge is 2.34. The molecule has 0 bridgehead atoms. The van der Waals surface area contributed by atoms with Gasteiger partial charge in [0.05, 0.1) is 5.92 Å². The molecule has 7 heteroatoms. The average molecular weight is 407 g/mol. The summed E-state index contributed by atoms with van der Waals surface area (Å²) in [5.41, 5.74) is 3.12. The van der Waals surface area contributed by atoms with E-state index in [-0.39, 0.29) is 18.4 Å². The largest absolute Gasteiger partial charge is 0.325 e. The molecule has 2 aromatic rings. The summed E-state index contributed by atoms with van der Waals surface area (Å²) < 4.78 is 27.4. The number of anilines is 1. The van der Waals surface area contributed by atoms with Gasteiger partial charge in [-0.05, 0) is 48.3 Å². The molecule has 1 fully saturated rings. The first-order valence-corrected chi connectivity index (χ1v) is 11.7. The van der Waals surface area contributed by atoms with Gasteiger partial charge in [0.2, 0.25) is 5.91 Å². The van der Waals surface area contributed by atoms with Crippen molar-refractivity contribution in [3.63, 3.8) is 0 Å². The molecular formula is C20H26N2O3S2. The van der Waals surface area contributed by atoms with E-state index >= 15 is 0 Å². The van der Waals surface area contributed by atoms with Gasteiger partial charge < -0.3 is 5.32 Å². The minimum atomic E-state index is -3.51. The van der Waals surface area contributed by atoms with Gasteiger partial charge in [0.25, 0.3) is 10.0 Å². The van der Waals surface area contributed by atoms with Crippen molar-refractivity contribution in [2.75, 3.05) is 18.4 Å². The Morgan fingerprint density at radius 1 is 1.19 bits per heavy atom. The lowest BCUT2D eigenvalue weighted by Crippen LogP contribution is -2.43. The second kappa shape index (κ2) is 8.54. The number of para-hydroxylation sites is 1. The van der Waals surface area contributed by atoms with Gasteiger partial charge in [0.1, 0.15) is 4.21 Å². The summed E-state index contributed by atoms with van der Waals surface area (Å²) in [6, 6.07) is 9.43. The van der Waals surface area contributed by atoms with Crippen molar-refractivity contribution in [2.24, 2.45) is 5.92 Å². The van der Waals surface area contributed by atoms with Crippen molar-refractivity contribution < 1.29 is 13.2 Å². The topological polar surface area (TPSA) is 66.5 Å². The minimum absolute atomic E-state index is 0.0864. The quantitative estimate of drug-likeness (QED) is 0.791. The standard InChI is InChI=1S/C20H26N2O3S2/c1-3-15-8-5-9-16(4-2)19(15)21-20(23)17-10-6-12-22(14-17)27(24,25)18-11-7-13-26-18/h5,7-9,11,13,17H,3-4,6,10,12,14H2,1-2H3,(H,21,23). The lowest BCUT2D eigenvalue weighted by Gasteiger charge is -2.31. The number of hydrogen-bond acceptors (Lipinski definition) is 4.